The summed E-state index contributed by atoms with van der Waals surface area (Å²) in [4.78, 5) is 20.6. The molecule has 0 aliphatic heterocycles. The summed E-state index contributed by atoms with van der Waals surface area (Å²) >= 11 is 0. The van der Waals surface area contributed by atoms with Crippen molar-refractivity contribution in [2.75, 3.05) is 0 Å². The number of aldehydes is 2. The van der Waals surface area contributed by atoms with Gasteiger partial charge in [0.05, 0.1) is 0 Å². The molecule has 12 heavy (non-hydrogen) atoms. The van der Waals surface area contributed by atoms with Crippen LogP contribution in [0.15, 0.2) is 24.3 Å². The maximum Gasteiger partial charge on any atom is 0.127 e. The SMILES string of the molecule is C=C/C(=C\C)C(C=O)CCC=O. The summed E-state index contributed by atoms with van der Waals surface area (Å²) in [6.07, 6.45) is 6.20. The first kappa shape index (κ1) is 10.8. The first-order valence-electron chi connectivity index (χ1n) is 3.97. The van der Waals surface area contributed by atoms with Crippen LogP contribution in [0.3, 0.4) is 0 Å². The molecule has 0 aromatic rings. The van der Waals surface area contributed by atoms with Crippen LogP contribution in [-0.4, -0.2) is 12.6 Å². The molecule has 0 amide bonds. The summed E-state index contributed by atoms with van der Waals surface area (Å²) in [6, 6.07) is 0. The van der Waals surface area contributed by atoms with Crippen molar-refractivity contribution in [2.45, 2.75) is 19.8 Å². The Morgan fingerprint density at radius 1 is 1.50 bits per heavy atom. The Morgan fingerprint density at radius 2 is 2.17 bits per heavy atom. The van der Waals surface area contributed by atoms with Gasteiger partial charge in [-0.05, 0) is 18.9 Å². The molecule has 0 heterocycles. The Balaban J connectivity index is 4.21. The molecule has 66 valence electrons. The minimum atomic E-state index is -0.169. The summed E-state index contributed by atoms with van der Waals surface area (Å²) in [6.45, 7) is 5.45. The van der Waals surface area contributed by atoms with E-state index in [1.807, 2.05) is 13.0 Å². The van der Waals surface area contributed by atoms with Gasteiger partial charge >= 0.3 is 0 Å². The van der Waals surface area contributed by atoms with E-state index < -0.39 is 0 Å². The summed E-state index contributed by atoms with van der Waals surface area (Å²) in [7, 11) is 0. The van der Waals surface area contributed by atoms with Gasteiger partial charge < -0.3 is 9.59 Å². The molecule has 0 aliphatic carbocycles. The van der Waals surface area contributed by atoms with Gasteiger partial charge in [0.1, 0.15) is 12.6 Å². The predicted molar refractivity (Wildman–Crippen MR) is 48.8 cm³/mol. The fraction of sp³-hybridized carbons (Fsp3) is 0.400. The first-order chi connectivity index (χ1) is 5.79. The predicted octanol–water partition coefficient (Wildman–Crippen LogP) is 1.91. The lowest BCUT2D eigenvalue weighted by Crippen LogP contribution is -2.04. The molecule has 0 aromatic carbocycles. The standard InChI is InChI=1S/C10H14O2/c1-3-9(4-2)10(8-12)6-5-7-11/h3-4,7-8,10H,1,5-6H2,2H3/b9-4+. The molecule has 0 fully saturated rings. The maximum atomic E-state index is 10.6. The van der Waals surface area contributed by atoms with Gasteiger partial charge in [-0.15, -0.1) is 0 Å². The van der Waals surface area contributed by atoms with E-state index in [1.165, 1.54) is 0 Å². The van der Waals surface area contributed by atoms with Gasteiger partial charge in [-0.2, -0.15) is 0 Å². The van der Waals surface area contributed by atoms with E-state index in [0.717, 1.165) is 18.1 Å². The van der Waals surface area contributed by atoms with Crippen molar-refractivity contribution in [3.8, 4) is 0 Å². The number of hydrogen-bond donors (Lipinski definition) is 0. The van der Waals surface area contributed by atoms with Gasteiger partial charge in [-0.1, -0.05) is 18.7 Å². The van der Waals surface area contributed by atoms with Crippen LogP contribution in [0.25, 0.3) is 0 Å². The lowest BCUT2D eigenvalue weighted by molar-refractivity contribution is -0.110. The monoisotopic (exact) mass is 166 g/mol. The third-order valence-corrected chi connectivity index (χ3v) is 1.76. The van der Waals surface area contributed by atoms with Gasteiger partial charge in [0.15, 0.2) is 0 Å². The number of rotatable bonds is 6. The summed E-state index contributed by atoms with van der Waals surface area (Å²) in [5, 5.41) is 0. The smallest absolute Gasteiger partial charge is 0.127 e. The topological polar surface area (TPSA) is 34.1 Å². The Labute approximate surface area is 73.0 Å². The molecule has 2 nitrogen and oxygen atoms in total. The average Bonchev–Trinajstić information content (AvgIpc) is 2.12. The molecule has 0 radical (unpaired) electrons. The van der Waals surface area contributed by atoms with Crippen LogP contribution in [0.1, 0.15) is 19.8 Å². The molecule has 0 aromatic heterocycles. The lowest BCUT2D eigenvalue weighted by Gasteiger charge is -2.08. The highest BCUT2D eigenvalue weighted by molar-refractivity contribution is 5.61. The molecule has 0 N–H and O–H groups in total. The molecule has 2 heteroatoms. The molecule has 0 bridgehead atoms. The number of carbonyl (C=O) groups is 2. The van der Waals surface area contributed by atoms with Gasteiger partial charge in [-0.3, -0.25) is 0 Å². The molecule has 0 spiro atoms. The third-order valence-electron chi connectivity index (χ3n) is 1.76. The molecule has 0 saturated heterocycles. The number of hydrogen-bond acceptors (Lipinski definition) is 2. The highest BCUT2D eigenvalue weighted by Crippen LogP contribution is 2.14. The number of carbonyl (C=O) groups excluding carboxylic acids is 2. The molecule has 0 aliphatic rings. The maximum absolute atomic E-state index is 10.6. The quantitative estimate of drug-likeness (QED) is 0.446. The van der Waals surface area contributed by atoms with Crippen LogP contribution in [0, 0.1) is 5.92 Å². The van der Waals surface area contributed by atoms with E-state index in [4.69, 9.17) is 0 Å². The molecular weight excluding hydrogens is 152 g/mol. The third kappa shape index (κ3) is 3.28. The molecule has 0 rings (SSSR count). The van der Waals surface area contributed by atoms with Crippen molar-refractivity contribution >= 4 is 12.6 Å². The van der Waals surface area contributed by atoms with E-state index in [-0.39, 0.29) is 5.92 Å². The van der Waals surface area contributed by atoms with Crippen molar-refractivity contribution < 1.29 is 9.59 Å². The van der Waals surface area contributed by atoms with Crippen molar-refractivity contribution in [3.05, 3.63) is 24.3 Å². The van der Waals surface area contributed by atoms with Crippen molar-refractivity contribution in [1.82, 2.24) is 0 Å². The van der Waals surface area contributed by atoms with Crippen LogP contribution in [0.5, 0.6) is 0 Å². The molecular formula is C10H14O2. The van der Waals surface area contributed by atoms with Gasteiger partial charge in [0.25, 0.3) is 0 Å². The van der Waals surface area contributed by atoms with Crippen molar-refractivity contribution in [3.63, 3.8) is 0 Å². The Bertz CT molecular complexity index is 192. The zero-order valence-corrected chi connectivity index (χ0v) is 7.32. The lowest BCUT2D eigenvalue weighted by atomic mass is 9.96. The molecule has 0 saturated carbocycles. The van der Waals surface area contributed by atoms with Crippen molar-refractivity contribution in [1.29, 1.82) is 0 Å². The normalized spacial score (nSPS) is 13.6. The van der Waals surface area contributed by atoms with Gasteiger partial charge in [0, 0.05) is 12.3 Å². The van der Waals surface area contributed by atoms with Crippen LogP contribution in [0.4, 0.5) is 0 Å². The van der Waals surface area contributed by atoms with Crippen LogP contribution < -0.4 is 0 Å². The van der Waals surface area contributed by atoms with E-state index in [2.05, 4.69) is 6.58 Å². The Morgan fingerprint density at radius 3 is 2.50 bits per heavy atom. The fourth-order valence-corrected chi connectivity index (χ4v) is 1.04. The largest absolute Gasteiger partial charge is 0.303 e. The van der Waals surface area contributed by atoms with Crippen LogP contribution in [0.2, 0.25) is 0 Å². The fourth-order valence-electron chi connectivity index (χ4n) is 1.04. The minimum Gasteiger partial charge on any atom is -0.303 e. The van der Waals surface area contributed by atoms with E-state index in [0.29, 0.717) is 12.8 Å². The number of allylic oxidation sites excluding steroid dienone is 3. The summed E-state index contributed by atoms with van der Waals surface area (Å²) in [5.74, 6) is -0.169. The average molecular weight is 166 g/mol. The van der Waals surface area contributed by atoms with Crippen LogP contribution in [-0.2, 0) is 9.59 Å². The van der Waals surface area contributed by atoms with Crippen molar-refractivity contribution in [2.24, 2.45) is 5.92 Å². The van der Waals surface area contributed by atoms with Gasteiger partial charge in [0.2, 0.25) is 0 Å². The zero-order chi connectivity index (χ0) is 9.40. The second-order valence-electron chi connectivity index (χ2n) is 2.48. The highest BCUT2D eigenvalue weighted by Gasteiger charge is 2.08. The van der Waals surface area contributed by atoms with E-state index >= 15 is 0 Å². The van der Waals surface area contributed by atoms with E-state index in [9.17, 15) is 9.59 Å². The second-order valence-corrected chi connectivity index (χ2v) is 2.48. The zero-order valence-electron chi connectivity index (χ0n) is 7.32. The Kier molecular flexibility index (Phi) is 5.88. The van der Waals surface area contributed by atoms with Crippen LogP contribution >= 0.6 is 0 Å². The Hall–Kier alpha value is -1.18. The molecule has 1 unspecified atom stereocenters. The summed E-state index contributed by atoms with van der Waals surface area (Å²) < 4.78 is 0. The van der Waals surface area contributed by atoms with Gasteiger partial charge in [-0.25, -0.2) is 0 Å². The second kappa shape index (κ2) is 6.53. The minimum absolute atomic E-state index is 0.169. The molecule has 1 atom stereocenters. The first-order valence-corrected chi connectivity index (χ1v) is 3.97. The highest BCUT2D eigenvalue weighted by atomic mass is 16.1. The summed E-state index contributed by atoms with van der Waals surface area (Å²) in [5.41, 5.74) is 0.895. The van der Waals surface area contributed by atoms with E-state index in [1.54, 1.807) is 6.08 Å².